The van der Waals surface area contributed by atoms with Gasteiger partial charge in [0.05, 0.1) is 37.4 Å². The van der Waals surface area contributed by atoms with Gasteiger partial charge in [-0.1, -0.05) is 60.1 Å². The van der Waals surface area contributed by atoms with Gasteiger partial charge in [-0.15, -0.1) is 0 Å². The van der Waals surface area contributed by atoms with Crippen LogP contribution in [0.5, 0.6) is 0 Å². The third-order valence-corrected chi connectivity index (χ3v) is 21.5. The first kappa shape index (κ1) is 59.1. The van der Waals surface area contributed by atoms with E-state index >= 15 is 0 Å². The van der Waals surface area contributed by atoms with E-state index in [-0.39, 0.29) is 65.3 Å². The Labute approximate surface area is 448 Å². The molecular formula is C54H84O23. The Morgan fingerprint density at radius 1 is 0.753 bits per heavy atom. The fraction of sp³-hybridized carbons (Fsp3) is 0.907. The normalized spacial score (nSPS) is 51.7. The highest BCUT2D eigenvalue weighted by Gasteiger charge is 2.75. The lowest BCUT2D eigenvalue weighted by molar-refractivity contribution is -0.500. The summed E-state index contributed by atoms with van der Waals surface area (Å²) in [7, 11) is 0. The fourth-order valence-corrected chi connectivity index (χ4v) is 16.8. The number of hydrogen-bond acceptors (Lipinski definition) is 22. The van der Waals surface area contributed by atoms with E-state index in [0.717, 1.165) is 19.3 Å². The Morgan fingerprint density at radius 3 is 2.08 bits per heavy atom. The van der Waals surface area contributed by atoms with Crippen molar-refractivity contribution in [3.63, 3.8) is 0 Å². The molecule has 4 saturated heterocycles. The molecule has 23 nitrogen and oxygen atoms in total. The molecule has 0 amide bonds. The number of allylic oxidation sites excluding steroid dienone is 2. The van der Waals surface area contributed by atoms with Gasteiger partial charge in [0.25, 0.3) is 0 Å². The quantitative estimate of drug-likeness (QED) is 0.0492. The van der Waals surface area contributed by atoms with Crippen LogP contribution < -0.4 is 0 Å². The van der Waals surface area contributed by atoms with Gasteiger partial charge in [0.15, 0.2) is 18.7 Å². The molecule has 0 aromatic heterocycles. The predicted molar refractivity (Wildman–Crippen MR) is 260 cm³/mol. The summed E-state index contributed by atoms with van der Waals surface area (Å²) in [5, 5.41) is 107. The van der Waals surface area contributed by atoms with Gasteiger partial charge in [0.2, 0.25) is 12.6 Å². The van der Waals surface area contributed by atoms with Crippen LogP contribution in [0.2, 0.25) is 0 Å². The molecule has 4 aliphatic heterocycles. The highest BCUT2D eigenvalue weighted by Crippen LogP contribution is 2.78. The van der Waals surface area contributed by atoms with Gasteiger partial charge < -0.3 is 89.0 Å². The topological polar surface area (TPSA) is 346 Å². The van der Waals surface area contributed by atoms with Crippen molar-refractivity contribution < 1.29 is 113 Å². The van der Waals surface area contributed by atoms with Crippen molar-refractivity contribution in [1.82, 2.24) is 0 Å². The molecule has 5 aliphatic carbocycles. The van der Waals surface area contributed by atoms with Crippen LogP contribution >= 0.6 is 0 Å². The summed E-state index contributed by atoms with van der Waals surface area (Å²) in [6.45, 7) is 19.4. The molecule has 9 aliphatic rings. The number of hydrogen-bond donors (Lipinski definition) is 10. The van der Waals surface area contributed by atoms with Gasteiger partial charge in [-0.05, 0) is 104 Å². The highest BCUT2D eigenvalue weighted by molar-refractivity contribution is 5.74. The van der Waals surface area contributed by atoms with E-state index in [9.17, 15) is 65.4 Å². The van der Waals surface area contributed by atoms with Crippen molar-refractivity contribution >= 4 is 17.9 Å². The van der Waals surface area contributed by atoms with Crippen molar-refractivity contribution in [2.75, 3.05) is 19.8 Å². The van der Waals surface area contributed by atoms with Gasteiger partial charge in [0.1, 0.15) is 67.6 Å². The van der Waals surface area contributed by atoms with Gasteiger partial charge in [-0.25, -0.2) is 4.79 Å². The monoisotopic (exact) mass is 1100 g/mol. The summed E-state index contributed by atoms with van der Waals surface area (Å²) in [6, 6.07) is 0. The van der Waals surface area contributed by atoms with E-state index in [0.29, 0.717) is 25.7 Å². The van der Waals surface area contributed by atoms with Crippen LogP contribution in [-0.2, 0) is 62.1 Å². The van der Waals surface area contributed by atoms with Crippen LogP contribution in [0.25, 0.3) is 0 Å². The SMILES string of the molecule is CC(=O)OC(C)C(C)C(=O)OC[C@]12C(C)[C@H]3O[C@@H]1C[C@]1(C)C(=CCC4[C@@]5(C)CCC(OC6O[C@H](C(=O)O)[C@H](O[C@H]7O[C@@H](CO)[C@@H](O)[C@@H](O)[C@H]7O)[C@H](O)[C@@H]6O[C@@H]6OO[C@@H](O)[C@H](O)[C@H]6O)[C@](C)(CO)C5CC[C@]41C)[C@H]2CC3(C)C. The van der Waals surface area contributed by atoms with Crippen LogP contribution in [0.4, 0.5) is 0 Å². The lowest BCUT2D eigenvalue weighted by Gasteiger charge is -2.71. The van der Waals surface area contributed by atoms with Crippen molar-refractivity contribution in [1.29, 1.82) is 0 Å². The number of esters is 2. The van der Waals surface area contributed by atoms with E-state index in [1.54, 1.807) is 13.8 Å². The summed E-state index contributed by atoms with van der Waals surface area (Å²) in [5.74, 6) is -3.23. The van der Waals surface area contributed by atoms with E-state index in [1.807, 2.05) is 6.92 Å². The van der Waals surface area contributed by atoms with Crippen molar-refractivity contribution in [3.05, 3.63) is 11.6 Å². The second kappa shape index (κ2) is 21.0. The van der Waals surface area contributed by atoms with Gasteiger partial charge >= 0.3 is 17.9 Å². The van der Waals surface area contributed by atoms with Crippen LogP contribution in [0.15, 0.2) is 11.6 Å². The van der Waals surface area contributed by atoms with E-state index in [1.165, 1.54) is 12.5 Å². The summed E-state index contributed by atoms with van der Waals surface area (Å²) in [6.07, 6.45) is -21.8. The third kappa shape index (κ3) is 9.25. The number of rotatable bonds is 14. The van der Waals surface area contributed by atoms with E-state index < -0.39 is 145 Å². The molecule has 28 atom stereocenters. The average molecular weight is 1100 g/mol. The molecule has 0 aromatic rings. The molecule has 8 fully saturated rings. The lowest BCUT2D eigenvalue weighted by Crippen LogP contribution is -2.69. The Kier molecular flexibility index (Phi) is 16.1. The second-order valence-corrected chi connectivity index (χ2v) is 25.8. The first-order valence-corrected chi connectivity index (χ1v) is 27.5. The predicted octanol–water partition coefficient (Wildman–Crippen LogP) is 0.579. The molecule has 0 radical (unpaired) electrons. The molecule has 4 saturated carbocycles. The fourth-order valence-electron chi connectivity index (χ4n) is 16.8. The molecule has 2 bridgehead atoms. The number of carbonyl (C=O) groups excluding carboxylic acids is 2. The zero-order valence-corrected chi connectivity index (χ0v) is 45.7. The maximum atomic E-state index is 13.7. The van der Waals surface area contributed by atoms with Gasteiger partial charge in [0, 0.05) is 17.8 Å². The molecule has 4 heterocycles. The molecule has 7 unspecified atom stereocenters. The first-order valence-electron chi connectivity index (χ1n) is 27.5. The average Bonchev–Trinajstić information content (AvgIpc) is 3.95. The molecular weight excluding hydrogens is 1020 g/mol. The zero-order chi connectivity index (χ0) is 56.4. The number of ether oxygens (including phenoxy) is 8. The maximum Gasteiger partial charge on any atom is 0.335 e. The van der Waals surface area contributed by atoms with Gasteiger partial charge in [-0.2, -0.15) is 9.78 Å². The molecule has 0 spiro atoms. The smallest absolute Gasteiger partial charge is 0.335 e. The lowest BCUT2D eigenvalue weighted by atomic mass is 9.33. The highest BCUT2D eigenvalue weighted by atomic mass is 17.2. The number of aliphatic hydroxyl groups excluding tert-OH is 9. The van der Waals surface area contributed by atoms with Crippen LogP contribution in [0, 0.1) is 62.1 Å². The number of aliphatic hydroxyl groups is 9. The van der Waals surface area contributed by atoms with Crippen LogP contribution in [0.1, 0.15) is 114 Å². The van der Waals surface area contributed by atoms with Crippen LogP contribution in [-0.4, -0.2) is 199 Å². The van der Waals surface area contributed by atoms with Crippen molar-refractivity contribution in [3.8, 4) is 0 Å². The summed E-state index contributed by atoms with van der Waals surface area (Å²) in [5.41, 5.74) is -1.35. The zero-order valence-electron chi connectivity index (χ0n) is 45.7. The number of carbonyl (C=O) groups is 3. The Balaban J connectivity index is 0.998. The summed E-state index contributed by atoms with van der Waals surface area (Å²) < 4.78 is 49.1. The molecule has 438 valence electrons. The minimum Gasteiger partial charge on any atom is -0.479 e. The number of aliphatic carboxylic acids is 1. The summed E-state index contributed by atoms with van der Waals surface area (Å²) >= 11 is 0. The number of carboxylic acid groups (broad SMARTS) is 1. The van der Waals surface area contributed by atoms with E-state index in [4.69, 9.17) is 47.7 Å². The molecule has 0 aromatic carbocycles. The Hall–Kier alpha value is -2.53. The summed E-state index contributed by atoms with van der Waals surface area (Å²) in [4.78, 5) is 48.3. The second-order valence-electron chi connectivity index (χ2n) is 25.8. The van der Waals surface area contributed by atoms with Crippen molar-refractivity contribution in [2.24, 2.45) is 62.1 Å². The molecule has 77 heavy (non-hydrogen) atoms. The number of carboxylic acids is 1. The largest absolute Gasteiger partial charge is 0.479 e. The van der Waals surface area contributed by atoms with E-state index in [2.05, 4.69) is 47.6 Å². The van der Waals surface area contributed by atoms with Crippen molar-refractivity contribution in [2.45, 2.75) is 225 Å². The first-order chi connectivity index (χ1) is 36.0. The Morgan fingerprint density at radius 2 is 1.43 bits per heavy atom. The minimum absolute atomic E-state index is 0.0389. The standard InChI is InChI=1S/C54H84O23/c1-22(24(3)69-25(4)57)44(66)68-21-54-23(2)42-49(5,6)17-27(54)26-11-12-30-50(7)15-14-31(51(8,20-56)29(50)13-16-52(30,9)53(26,10)18-32(54)71-42)72-48-40(74-47-37(62)35(60)45(67)76-77-47)38(63)39(41(75-48)43(64)65)73-46-36(61)34(59)33(58)28(19-55)70-46/h11,22-24,27-42,45-48,55-56,58-63,67H,12-21H2,1-10H3,(H,64,65)/t22?,23?,24?,27-,28+,29?,30?,31?,32-,33-,34-,35-,36-,37-,38+,39-,40+,41+,42-,45-,46-,47-,48?,50+,51-,52-,53-,54-/m1/s1. The third-order valence-electron chi connectivity index (χ3n) is 21.5. The Bertz CT molecular complexity index is 2230. The number of fused-ring (bicyclic) bond motifs is 7. The minimum atomic E-state index is -2.12. The maximum absolute atomic E-state index is 13.7. The molecule has 10 N–H and O–H groups in total. The van der Waals surface area contributed by atoms with Crippen LogP contribution in [0.3, 0.4) is 0 Å². The molecule has 23 heteroatoms. The van der Waals surface area contributed by atoms with Gasteiger partial charge in [-0.3, -0.25) is 9.59 Å². The molecule has 9 rings (SSSR count).